The fourth-order valence-corrected chi connectivity index (χ4v) is 5.51. The number of rotatable bonds is 7. The largest absolute Gasteiger partial charge is 0.482 e. The van der Waals surface area contributed by atoms with Crippen LogP contribution in [0.4, 0.5) is 0 Å². The molecule has 1 heterocycles. The molecule has 4 rings (SSSR count). The van der Waals surface area contributed by atoms with E-state index in [1.54, 1.807) is 0 Å². The molecule has 1 N–H and O–H groups in total. The second-order valence-electron chi connectivity index (χ2n) is 8.86. The lowest BCUT2D eigenvalue weighted by molar-refractivity contribution is -0.163. The average molecular weight is 373 g/mol. The molecule has 4 atom stereocenters. The van der Waals surface area contributed by atoms with Crippen LogP contribution in [-0.4, -0.2) is 29.4 Å². The van der Waals surface area contributed by atoms with Gasteiger partial charge in [0.1, 0.15) is 11.4 Å². The van der Waals surface area contributed by atoms with E-state index >= 15 is 0 Å². The third-order valence-corrected chi connectivity index (χ3v) is 6.86. The van der Waals surface area contributed by atoms with Crippen LogP contribution in [0.3, 0.4) is 0 Å². The first-order valence-corrected chi connectivity index (χ1v) is 10.7. The van der Waals surface area contributed by atoms with E-state index in [-0.39, 0.29) is 18.7 Å². The maximum atomic E-state index is 12.5. The number of aliphatic hydroxyl groups is 1. The standard InChI is InChI=1S/C23H32O4/c1-2-3-4-7-19(24)9-10-23-13-17-11-16-6-5-8-21(26-15-22(25)27-23)20(16)12-18(17)14-23/h5-6,8,17-19,24H,2-4,7,9-15H2,1H3/t17-,18+,19-,23+/m1/s1. The molecule has 2 aliphatic carbocycles. The second kappa shape index (κ2) is 7.83. The van der Waals surface area contributed by atoms with Gasteiger partial charge in [-0.15, -0.1) is 0 Å². The highest BCUT2D eigenvalue weighted by Gasteiger charge is 2.50. The van der Waals surface area contributed by atoms with Crippen LogP contribution in [-0.2, 0) is 22.4 Å². The number of hydrogen-bond donors (Lipinski definition) is 1. The third kappa shape index (κ3) is 4.01. The van der Waals surface area contributed by atoms with Crippen molar-refractivity contribution < 1.29 is 19.4 Å². The second-order valence-corrected chi connectivity index (χ2v) is 8.86. The SMILES string of the molecule is CCCCC[C@@H](O)CC[C@]12C[C@H]3Cc4cccc(c4C[C@H]3C1)OCC(=O)O2. The van der Waals surface area contributed by atoms with Crippen LogP contribution in [0.2, 0.25) is 0 Å². The van der Waals surface area contributed by atoms with Crippen LogP contribution in [0.15, 0.2) is 18.2 Å². The molecule has 4 heteroatoms. The Morgan fingerprint density at radius 1 is 1.19 bits per heavy atom. The van der Waals surface area contributed by atoms with Crippen LogP contribution in [0.1, 0.15) is 69.4 Å². The topological polar surface area (TPSA) is 55.8 Å². The molecule has 0 spiro atoms. The third-order valence-electron chi connectivity index (χ3n) is 6.86. The minimum atomic E-state index is -0.416. The number of ether oxygens (including phenoxy) is 2. The van der Waals surface area contributed by atoms with Crippen molar-refractivity contribution in [2.75, 3.05) is 6.61 Å². The van der Waals surface area contributed by atoms with Gasteiger partial charge in [0.15, 0.2) is 6.61 Å². The first-order valence-electron chi connectivity index (χ1n) is 10.7. The molecule has 1 aromatic rings. The smallest absolute Gasteiger partial charge is 0.344 e. The van der Waals surface area contributed by atoms with Gasteiger partial charge in [-0.2, -0.15) is 0 Å². The molecule has 4 nitrogen and oxygen atoms in total. The van der Waals surface area contributed by atoms with Crippen molar-refractivity contribution in [3.8, 4) is 5.75 Å². The van der Waals surface area contributed by atoms with E-state index in [2.05, 4.69) is 13.0 Å². The zero-order valence-corrected chi connectivity index (χ0v) is 16.4. The summed E-state index contributed by atoms with van der Waals surface area (Å²) in [6.07, 6.45) is 9.38. The molecule has 3 bridgehead atoms. The molecule has 0 saturated heterocycles. The number of carbonyl (C=O) groups excluding carboxylic acids is 1. The molecule has 1 saturated carbocycles. The van der Waals surface area contributed by atoms with Gasteiger partial charge in [0.05, 0.1) is 6.10 Å². The highest BCUT2D eigenvalue weighted by atomic mass is 16.6. The summed E-state index contributed by atoms with van der Waals surface area (Å²) in [6, 6.07) is 6.21. The number of hydrogen-bond acceptors (Lipinski definition) is 4. The van der Waals surface area contributed by atoms with Crippen LogP contribution in [0.25, 0.3) is 0 Å². The van der Waals surface area contributed by atoms with Crippen molar-refractivity contribution in [2.45, 2.75) is 82.8 Å². The van der Waals surface area contributed by atoms with E-state index in [1.165, 1.54) is 24.0 Å². The summed E-state index contributed by atoms with van der Waals surface area (Å²) in [4.78, 5) is 12.5. The monoisotopic (exact) mass is 372 g/mol. The Bertz CT molecular complexity index is 685. The van der Waals surface area contributed by atoms with E-state index in [1.807, 2.05) is 12.1 Å². The lowest BCUT2D eigenvalue weighted by Crippen LogP contribution is -2.36. The Labute approximate surface area is 162 Å². The quantitative estimate of drug-likeness (QED) is 0.575. The van der Waals surface area contributed by atoms with Gasteiger partial charge in [-0.3, -0.25) is 0 Å². The highest BCUT2D eigenvalue weighted by molar-refractivity contribution is 5.72. The summed E-state index contributed by atoms with van der Waals surface area (Å²) in [5.74, 6) is 1.70. The van der Waals surface area contributed by atoms with Crippen LogP contribution in [0.5, 0.6) is 5.75 Å². The minimum absolute atomic E-state index is 0.0212. The predicted octanol–water partition coefficient (Wildman–Crippen LogP) is 4.21. The van der Waals surface area contributed by atoms with Gasteiger partial charge in [-0.25, -0.2) is 4.79 Å². The summed E-state index contributed by atoms with van der Waals surface area (Å²) in [6.45, 7) is 2.16. The van der Waals surface area contributed by atoms with Gasteiger partial charge in [0.2, 0.25) is 0 Å². The summed E-state index contributed by atoms with van der Waals surface area (Å²) < 4.78 is 11.9. The van der Waals surface area contributed by atoms with Crippen molar-refractivity contribution in [3.05, 3.63) is 29.3 Å². The van der Waals surface area contributed by atoms with Crippen LogP contribution < -0.4 is 4.74 Å². The number of esters is 1. The fraction of sp³-hybridized carbons (Fsp3) is 0.696. The van der Waals surface area contributed by atoms with E-state index in [9.17, 15) is 9.90 Å². The van der Waals surface area contributed by atoms with Crippen molar-refractivity contribution in [2.24, 2.45) is 11.8 Å². The van der Waals surface area contributed by atoms with E-state index in [4.69, 9.17) is 9.47 Å². The van der Waals surface area contributed by atoms with Gasteiger partial charge in [-0.05, 0) is 74.0 Å². The van der Waals surface area contributed by atoms with E-state index < -0.39 is 5.60 Å². The number of benzene rings is 1. The zero-order valence-electron chi connectivity index (χ0n) is 16.4. The number of aliphatic hydroxyl groups excluding tert-OH is 1. The molecule has 1 fully saturated rings. The van der Waals surface area contributed by atoms with Crippen molar-refractivity contribution in [1.29, 1.82) is 0 Å². The molecule has 3 aliphatic rings. The van der Waals surface area contributed by atoms with E-state index in [0.29, 0.717) is 11.8 Å². The molecule has 0 unspecified atom stereocenters. The molecule has 1 aliphatic heterocycles. The molecule has 0 aromatic heterocycles. The molecule has 27 heavy (non-hydrogen) atoms. The van der Waals surface area contributed by atoms with Crippen LogP contribution >= 0.6 is 0 Å². The number of unbranched alkanes of at least 4 members (excludes halogenated alkanes) is 2. The molecule has 1 aromatic carbocycles. The number of carbonyl (C=O) groups is 1. The lowest BCUT2D eigenvalue weighted by atomic mass is 9.77. The van der Waals surface area contributed by atoms with Crippen molar-refractivity contribution >= 4 is 5.97 Å². The van der Waals surface area contributed by atoms with Crippen molar-refractivity contribution in [3.63, 3.8) is 0 Å². The van der Waals surface area contributed by atoms with Gasteiger partial charge >= 0.3 is 5.97 Å². The van der Waals surface area contributed by atoms with Gasteiger partial charge in [-0.1, -0.05) is 38.3 Å². The van der Waals surface area contributed by atoms with Gasteiger partial charge < -0.3 is 14.6 Å². The molecular weight excluding hydrogens is 340 g/mol. The number of fused-ring (bicyclic) bond motifs is 1. The maximum absolute atomic E-state index is 12.5. The Morgan fingerprint density at radius 3 is 2.81 bits per heavy atom. The normalized spacial score (nSPS) is 29.9. The lowest BCUT2D eigenvalue weighted by Gasteiger charge is -2.31. The predicted molar refractivity (Wildman–Crippen MR) is 104 cm³/mol. The summed E-state index contributed by atoms with van der Waals surface area (Å²) in [5, 5.41) is 10.4. The Morgan fingerprint density at radius 2 is 2.00 bits per heavy atom. The summed E-state index contributed by atoms with van der Waals surface area (Å²) in [7, 11) is 0. The van der Waals surface area contributed by atoms with Gasteiger partial charge in [0.25, 0.3) is 0 Å². The van der Waals surface area contributed by atoms with Crippen LogP contribution in [0, 0.1) is 11.8 Å². The summed E-state index contributed by atoms with van der Waals surface area (Å²) in [5.41, 5.74) is 2.25. The highest BCUT2D eigenvalue weighted by Crippen LogP contribution is 2.51. The maximum Gasteiger partial charge on any atom is 0.344 e. The van der Waals surface area contributed by atoms with E-state index in [0.717, 1.165) is 57.1 Å². The molecule has 0 radical (unpaired) electrons. The zero-order chi connectivity index (χ0) is 18.9. The first-order chi connectivity index (χ1) is 13.1. The molecule has 0 amide bonds. The average Bonchev–Trinajstić information content (AvgIpc) is 2.99. The minimum Gasteiger partial charge on any atom is -0.482 e. The van der Waals surface area contributed by atoms with Gasteiger partial charge in [0, 0.05) is 0 Å². The fourth-order valence-electron chi connectivity index (χ4n) is 5.51. The first kappa shape index (κ1) is 18.8. The Hall–Kier alpha value is -1.55. The Balaban J connectivity index is 1.50. The van der Waals surface area contributed by atoms with Crippen molar-refractivity contribution in [1.82, 2.24) is 0 Å². The molecule has 148 valence electrons. The summed E-state index contributed by atoms with van der Waals surface area (Å²) >= 11 is 0. The molecular formula is C23H32O4. The Kier molecular flexibility index (Phi) is 5.45.